The molecule has 134 valence electrons. The van der Waals surface area contributed by atoms with E-state index in [-0.39, 0.29) is 4.90 Å². The number of nitrogens with one attached hydrogen (secondary N) is 2. The Balaban J connectivity index is 1.97. The molecule has 0 saturated carbocycles. The van der Waals surface area contributed by atoms with Crippen molar-refractivity contribution in [3.63, 3.8) is 0 Å². The van der Waals surface area contributed by atoms with E-state index in [9.17, 15) is 13.2 Å². The summed E-state index contributed by atoms with van der Waals surface area (Å²) >= 11 is 5.97. The van der Waals surface area contributed by atoms with Gasteiger partial charge >= 0.3 is 0 Å². The molecule has 2 rings (SSSR count). The summed E-state index contributed by atoms with van der Waals surface area (Å²) in [5.41, 5.74) is 0.430. The highest BCUT2D eigenvalue weighted by Gasteiger charge is 2.16. The summed E-state index contributed by atoms with van der Waals surface area (Å²) in [4.78, 5) is 12.0. The van der Waals surface area contributed by atoms with Crippen molar-refractivity contribution in [3.05, 3.63) is 47.5 Å². The maximum Gasteiger partial charge on any atom is 0.241 e. The summed E-state index contributed by atoms with van der Waals surface area (Å²) in [6.45, 7) is -0.419. The molecule has 2 N–H and O–H groups in total. The maximum atomic E-state index is 12.2. The van der Waals surface area contributed by atoms with Crippen LogP contribution in [0.15, 0.2) is 47.4 Å². The van der Waals surface area contributed by atoms with Crippen molar-refractivity contribution in [3.8, 4) is 11.5 Å². The van der Waals surface area contributed by atoms with Crippen LogP contribution >= 0.6 is 11.6 Å². The van der Waals surface area contributed by atoms with E-state index in [1.807, 2.05) is 0 Å². The molecule has 0 unspecified atom stereocenters. The minimum atomic E-state index is -3.80. The Hall–Kier alpha value is -2.29. The zero-order valence-corrected chi connectivity index (χ0v) is 15.1. The SMILES string of the molecule is COc1ccc(S(=O)(=O)NCC(=O)Nc2ccc(OC)c(Cl)c2)cc1. The predicted octanol–water partition coefficient (Wildman–Crippen LogP) is 2.27. The van der Waals surface area contributed by atoms with E-state index in [1.54, 1.807) is 12.1 Å². The summed E-state index contributed by atoms with van der Waals surface area (Å²) < 4.78 is 36.5. The molecule has 9 heteroatoms. The molecule has 0 heterocycles. The van der Waals surface area contributed by atoms with Gasteiger partial charge in [-0.05, 0) is 42.5 Å². The summed E-state index contributed by atoms with van der Waals surface area (Å²) in [6.07, 6.45) is 0. The first kappa shape index (κ1) is 19.0. The molecule has 0 aliphatic carbocycles. The summed E-state index contributed by atoms with van der Waals surface area (Å²) in [5, 5.41) is 2.88. The first-order valence-electron chi connectivity index (χ1n) is 7.13. The van der Waals surface area contributed by atoms with E-state index in [1.165, 1.54) is 44.6 Å². The number of carbonyl (C=O) groups is 1. The van der Waals surface area contributed by atoms with Gasteiger partial charge in [-0.15, -0.1) is 0 Å². The number of sulfonamides is 1. The molecule has 0 spiro atoms. The average molecular weight is 385 g/mol. The van der Waals surface area contributed by atoms with Gasteiger partial charge in [0.25, 0.3) is 0 Å². The lowest BCUT2D eigenvalue weighted by molar-refractivity contribution is -0.115. The molecule has 1 amide bonds. The fourth-order valence-electron chi connectivity index (χ4n) is 1.95. The number of hydrogen-bond donors (Lipinski definition) is 2. The summed E-state index contributed by atoms with van der Waals surface area (Å²) in [7, 11) is -0.841. The zero-order chi connectivity index (χ0) is 18.4. The fraction of sp³-hybridized carbons (Fsp3) is 0.188. The highest BCUT2D eigenvalue weighted by Crippen LogP contribution is 2.27. The van der Waals surface area contributed by atoms with Crippen LogP contribution in [0.5, 0.6) is 11.5 Å². The summed E-state index contributed by atoms with van der Waals surface area (Å²) in [5.74, 6) is 0.478. The van der Waals surface area contributed by atoms with Gasteiger partial charge in [0.1, 0.15) is 11.5 Å². The van der Waals surface area contributed by atoms with Crippen LogP contribution in [0.3, 0.4) is 0 Å². The highest BCUT2D eigenvalue weighted by atomic mass is 35.5. The molecule has 2 aromatic rings. The second kappa shape index (κ2) is 8.19. The van der Waals surface area contributed by atoms with Crippen LogP contribution in [0, 0.1) is 0 Å². The molecule has 0 aliphatic rings. The van der Waals surface area contributed by atoms with E-state index in [4.69, 9.17) is 21.1 Å². The van der Waals surface area contributed by atoms with E-state index in [2.05, 4.69) is 10.0 Å². The lowest BCUT2D eigenvalue weighted by Crippen LogP contribution is -2.32. The monoisotopic (exact) mass is 384 g/mol. The van der Waals surface area contributed by atoms with Gasteiger partial charge in [-0.25, -0.2) is 13.1 Å². The molecule has 0 atom stereocenters. The lowest BCUT2D eigenvalue weighted by Gasteiger charge is -2.10. The molecular weight excluding hydrogens is 368 g/mol. The Bertz CT molecular complexity index is 853. The Morgan fingerprint density at radius 3 is 2.32 bits per heavy atom. The molecule has 0 radical (unpaired) electrons. The second-order valence-corrected chi connectivity index (χ2v) is 7.07. The minimum Gasteiger partial charge on any atom is -0.497 e. The third-order valence-electron chi connectivity index (χ3n) is 3.23. The number of halogens is 1. The maximum absolute atomic E-state index is 12.2. The quantitative estimate of drug-likeness (QED) is 0.763. The molecule has 7 nitrogen and oxygen atoms in total. The Morgan fingerprint density at radius 2 is 1.76 bits per heavy atom. The average Bonchev–Trinajstić information content (AvgIpc) is 2.60. The number of benzene rings is 2. The van der Waals surface area contributed by atoms with Gasteiger partial charge in [0.2, 0.25) is 15.9 Å². The van der Waals surface area contributed by atoms with E-state index >= 15 is 0 Å². The molecule has 0 bridgehead atoms. The third kappa shape index (κ3) is 5.09. The molecule has 25 heavy (non-hydrogen) atoms. The van der Waals surface area contributed by atoms with Crippen molar-refractivity contribution in [1.82, 2.24) is 4.72 Å². The number of carbonyl (C=O) groups excluding carboxylic acids is 1. The zero-order valence-electron chi connectivity index (χ0n) is 13.6. The molecule has 0 saturated heterocycles. The van der Waals surface area contributed by atoms with Gasteiger partial charge in [0.05, 0.1) is 30.7 Å². The Morgan fingerprint density at radius 1 is 1.08 bits per heavy atom. The normalized spacial score (nSPS) is 11.0. The van der Waals surface area contributed by atoms with Crippen LogP contribution < -0.4 is 19.5 Å². The van der Waals surface area contributed by atoms with Crippen molar-refractivity contribution < 1.29 is 22.7 Å². The van der Waals surface area contributed by atoms with Crippen molar-refractivity contribution in [2.75, 3.05) is 26.1 Å². The molecule has 0 aliphatic heterocycles. The van der Waals surface area contributed by atoms with Crippen LogP contribution in [0.1, 0.15) is 0 Å². The summed E-state index contributed by atoms with van der Waals surface area (Å²) in [6, 6.07) is 10.5. The third-order valence-corrected chi connectivity index (χ3v) is 4.94. The van der Waals surface area contributed by atoms with Crippen LogP contribution in [0.4, 0.5) is 5.69 Å². The van der Waals surface area contributed by atoms with Gasteiger partial charge < -0.3 is 14.8 Å². The first-order chi connectivity index (χ1) is 11.9. The van der Waals surface area contributed by atoms with E-state index < -0.39 is 22.5 Å². The number of hydrogen-bond acceptors (Lipinski definition) is 5. The van der Waals surface area contributed by atoms with Crippen molar-refractivity contribution in [1.29, 1.82) is 0 Å². The van der Waals surface area contributed by atoms with Gasteiger partial charge in [-0.2, -0.15) is 0 Å². The molecule has 0 fully saturated rings. The fourth-order valence-corrected chi connectivity index (χ4v) is 3.19. The topological polar surface area (TPSA) is 93.7 Å². The Kier molecular flexibility index (Phi) is 6.24. The number of amides is 1. The molecular formula is C16H17ClN2O5S. The largest absolute Gasteiger partial charge is 0.497 e. The molecule has 2 aromatic carbocycles. The predicted molar refractivity (Wildman–Crippen MR) is 94.8 cm³/mol. The minimum absolute atomic E-state index is 0.0357. The smallest absolute Gasteiger partial charge is 0.241 e. The van der Waals surface area contributed by atoms with Gasteiger partial charge in [0, 0.05) is 5.69 Å². The lowest BCUT2D eigenvalue weighted by atomic mass is 10.3. The standard InChI is InChI=1S/C16H17ClN2O5S/c1-23-12-4-6-13(7-5-12)25(21,22)18-10-16(20)19-11-3-8-15(24-2)14(17)9-11/h3-9,18H,10H2,1-2H3,(H,19,20). The van der Waals surface area contributed by atoms with Crippen LogP contribution in [-0.4, -0.2) is 35.1 Å². The number of methoxy groups -OCH3 is 2. The number of rotatable bonds is 7. The van der Waals surface area contributed by atoms with E-state index in [0.717, 1.165) is 0 Å². The highest BCUT2D eigenvalue weighted by molar-refractivity contribution is 7.89. The van der Waals surface area contributed by atoms with Crippen molar-refractivity contribution in [2.24, 2.45) is 0 Å². The van der Waals surface area contributed by atoms with Crippen LogP contribution in [-0.2, 0) is 14.8 Å². The first-order valence-corrected chi connectivity index (χ1v) is 8.99. The van der Waals surface area contributed by atoms with Gasteiger partial charge in [-0.1, -0.05) is 11.6 Å². The van der Waals surface area contributed by atoms with Crippen LogP contribution in [0.2, 0.25) is 5.02 Å². The Labute approximate surface area is 151 Å². The number of ether oxygens (including phenoxy) is 2. The molecule has 0 aromatic heterocycles. The van der Waals surface area contributed by atoms with Gasteiger partial charge in [-0.3, -0.25) is 4.79 Å². The van der Waals surface area contributed by atoms with Crippen molar-refractivity contribution >= 4 is 33.2 Å². The van der Waals surface area contributed by atoms with E-state index in [0.29, 0.717) is 22.2 Å². The number of anilines is 1. The second-order valence-electron chi connectivity index (χ2n) is 4.90. The van der Waals surface area contributed by atoms with Crippen LogP contribution in [0.25, 0.3) is 0 Å². The van der Waals surface area contributed by atoms with Crippen molar-refractivity contribution in [2.45, 2.75) is 4.90 Å². The van der Waals surface area contributed by atoms with Gasteiger partial charge in [0.15, 0.2) is 0 Å².